The van der Waals surface area contributed by atoms with Gasteiger partial charge in [0.05, 0.1) is 13.2 Å². The number of halogens is 3. The quantitative estimate of drug-likeness (QED) is 0.239. The fraction of sp³-hybridized carbons (Fsp3) is 0.548. The zero-order chi connectivity index (χ0) is 25.5. The summed E-state index contributed by atoms with van der Waals surface area (Å²) in [6.07, 6.45) is 10.8. The van der Waals surface area contributed by atoms with Crippen LogP contribution in [-0.4, -0.2) is 13.2 Å². The van der Waals surface area contributed by atoms with Crippen LogP contribution in [0.2, 0.25) is 0 Å². The van der Waals surface area contributed by atoms with Gasteiger partial charge in [-0.1, -0.05) is 38.0 Å². The molecule has 2 aliphatic rings. The average molecular weight is 501 g/mol. The molecular weight excluding hydrogens is 461 g/mol. The molecule has 2 aromatic rings. The number of unbranched alkanes of at least 4 members (excludes halogenated alkanes) is 1. The van der Waals surface area contributed by atoms with Crippen LogP contribution >= 0.6 is 0 Å². The Morgan fingerprint density at radius 1 is 0.833 bits per heavy atom. The molecule has 2 aromatic carbocycles. The molecule has 4 rings (SSSR count). The minimum absolute atomic E-state index is 0.0335. The van der Waals surface area contributed by atoms with Crippen molar-refractivity contribution in [1.82, 2.24) is 0 Å². The summed E-state index contributed by atoms with van der Waals surface area (Å²) >= 11 is 0. The molecule has 2 saturated carbocycles. The molecule has 0 atom stereocenters. The molecule has 0 saturated heterocycles. The zero-order valence-corrected chi connectivity index (χ0v) is 21.4. The fourth-order valence-electron chi connectivity index (χ4n) is 5.73. The number of ether oxygens (including phenoxy) is 2. The third-order valence-electron chi connectivity index (χ3n) is 8.08. The van der Waals surface area contributed by atoms with Crippen molar-refractivity contribution in [2.75, 3.05) is 13.2 Å². The van der Waals surface area contributed by atoms with E-state index >= 15 is 8.78 Å². The van der Waals surface area contributed by atoms with Gasteiger partial charge in [-0.2, -0.15) is 0 Å². The van der Waals surface area contributed by atoms with Crippen LogP contribution in [0.15, 0.2) is 43.0 Å². The zero-order valence-electron chi connectivity index (χ0n) is 21.4. The molecule has 5 heteroatoms. The molecule has 0 unspecified atom stereocenters. The van der Waals surface area contributed by atoms with Gasteiger partial charge in [-0.15, -0.1) is 6.58 Å². The summed E-state index contributed by atoms with van der Waals surface area (Å²) in [5.41, 5.74) is 1.08. The molecule has 196 valence electrons. The van der Waals surface area contributed by atoms with Crippen molar-refractivity contribution in [2.45, 2.75) is 83.0 Å². The summed E-state index contributed by atoms with van der Waals surface area (Å²) in [4.78, 5) is 0. The Bertz CT molecular complexity index is 1010. The molecule has 0 radical (unpaired) electrons. The van der Waals surface area contributed by atoms with Gasteiger partial charge < -0.3 is 9.47 Å². The molecule has 0 amide bonds. The van der Waals surface area contributed by atoms with E-state index in [1.165, 1.54) is 6.07 Å². The largest absolute Gasteiger partial charge is 0.493 e. The molecular formula is C31H39F3O2. The molecule has 0 spiro atoms. The van der Waals surface area contributed by atoms with Gasteiger partial charge in [-0.05, 0) is 98.3 Å². The Morgan fingerprint density at radius 3 is 2.03 bits per heavy atom. The highest BCUT2D eigenvalue weighted by Crippen LogP contribution is 2.41. The number of benzene rings is 2. The minimum Gasteiger partial charge on any atom is -0.493 e. The van der Waals surface area contributed by atoms with E-state index in [2.05, 4.69) is 13.5 Å². The smallest absolute Gasteiger partial charge is 0.168 e. The molecule has 2 aliphatic carbocycles. The summed E-state index contributed by atoms with van der Waals surface area (Å²) in [6, 6.07) is 8.36. The third kappa shape index (κ3) is 6.66. The summed E-state index contributed by atoms with van der Waals surface area (Å²) in [6.45, 7) is 6.83. The van der Waals surface area contributed by atoms with E-state index < -0.39 is 17.5 Å². The monoisotopic (exact) mass is 500 g/mol. The van der Waals surface area contributed by atoms with E-state index in [1.54, 1.807) is 12.1 Å². The van der Waals surface area contributed by atoms with Crippen LogP contribution in [0, 0.1) is 29.3 Å². The number of allylic oxidation sites excluding steroid dienone is 1. The van der Waals surface area contributed by atoms with Crippen LogP contribution in [-0.2, 0) is 0 Å². The van der Waals surface area contributed by atoms with Crippen molar-refractivity contribution < 1.29 is 22.6 Å². The number of hydrogen-bond acceptors (Lipinski definition) is 2. The summed E-state index contributed by atoms with van der Waals surface area (Å²) in [7, 11) is 0. The molecule has 36 heavy (non-hydrogen) atoms. The summed E-state index contributed by atoms with van der Waals surface area (Å²) in [5, 5.41) is 0. The molecule has 0 aliphatic heterocycles. The van der Waals surface area contributed by atoms with E-state index in [1.807, 2.05) is 18.2 Å². The maximum absolute atomic E-state index is 15.1. The maximum Gasteiger partial charge on any atom is 0.168 e. The number of rotatable bonds is 10. The van der Waals surface area contributed by atoms with E-state index in [0.29, 0.717) is 41.9 Å². The van der Waals surface area contributed by atoms with Crippen molar-refractivity contribution in [3.05, 3.63) is 71.6 Å². The highest BCUT2D eigenvalue weighted by molar-refractivity contribution is 5.33. The SMILES string of the molecule is C=CCCCOc1ccc(OCC2CCC(c3ccc(C4CCC(C)CC4)c(F)c3F)CC2)cc1F. The molecule has 2 nitrogen and oxygen atoms in total. The maximum atomic E-state index is 15.1. The lowest BCUT2D eigenvalue weighted by Gasteiger charge is -2.30. The van der Waals surface area contributed by atoms with Gasteiger partial charge in [-0.3, -0.25) is 0 Å². The molecule has 0 heterocycles. The normalized spacial score (nSPS) is 24.3. The lowest BCUT2D eigenvalue weighted by atomic mass is 9.76. The Balaban J connectivity index is 1.26. The predicted octanol–water partition coefficient (Wildman–Crippen LogP) is 9.10. The molecule has 2 fully saturated rings. The van der Waals surface area contributed by atoms with Crippen LogP contribution in [0.1, 0.15) is 94.1 Å². The first kappa shape index (κ1) is 26.6. The second kappa shape index (κ2) is 12.7. The Kier molecular flexibility index (Phi) is 9.39. The van der Waals surface area contributed by atoms with E-state index in [4.69, 9.17) is 9.47 Å². The van der Waals surface area contributed by atoms with E-state index in [9.17, 15) is 4.39 Å². The molecule has 0 bridgehead atoms. The standard InChI is InChI=1S/C31H39F3O2/c1-3-4-5-18-35-29-17-14-25(19-28(29)32)36-20-22-8-12-24(13-9-22)27-16-15-26(30(33)31(27)34)23-10-6-21(2)7-11-23/h3,14-17,19,21-24H,1,4-13,18,20H2,2H3. The minimum atomic E-state index is -0.645. The Hall–Kier alpha value is -2.43. The van der Waals surface area contributed by atoms with Crippen LogP contribution in [0.3, 0.4) is 0 Å². The van der Waals surface area contributed by atoms with Crippen molar-refractivity contribution in [3.8, 4) is 11.5 Å². The van der Waals surface area contributed by atoms with Crippen LogP contribution in [0.5, 0.6) is 11.5 Å². The van der Waals surface area contributed by atoms with Crippen molar-refractivity contribution in [3.63, 3.8) is 0 Å². The molecule has 0 aromatic heterocycles. The highest BCUT2D eigenvalue weighted by atomic mass is 19.2. The topological polar surface area (TPSA) is 18.5 Å². The van der Waals surface area contributed by atoms with Gasteiger partial charge >= 0.3 is 0 Å². The summed E-state index contributed by atoms with van der Waals surface area (Å²) in [5.74, 6) is 0.165. The first-order valence-electron chi connectivity index (χ1n) is 13.6. The second-order valence-corrected chi connectivity index (χ2v) is 10.7. The average Bonchev–Trinajstić information content (AvgIpc) is 2.89. The molecule has 0 N–H and O–H groups in total. The highest BCUT2D eigenvalue weighted by Gasteiger charge is 2.29. The van der Waals surface area contributed by atoms with Crippen molar-refractivity contribution in [1.29, 1.82) is 0 Å². The van der Waals surface area contributed by atoms with E-state index in [0.717, 1.165) is 64.2 Å². The fourth-order valence-corrected chi connectivity index (χ4v) is 5.73. The van der Waals surface area contributed by atoms with Gasteiger partial charge in [0.2, 0.25) is 0 Å². The third-order valence-corrected chi connectivity index (χ3v) is 8.08. The van der Waals surface area contributed by atoms with Gasteiger partial charge in [0.1, 0.15) is 5.75 Å². The second-order valence-electron chi connectivity index (χ2n) is 10.7. The van der Waals surface area contributed by atoms with Gasteiger partial charge in [0, 0.05) is 6.07 Å². The van der Waals surface area contributed by atoms with Crippen molar-refractivity contribution in [2.24, 2.45) is 11.8 Å². The first-order valence-corrected chi connectivity index (χ1v) is 13.6. The van der Waals surface area contributed by atoms with Gasteiger partial charge in [-0.25, -0.2) is 13.2 Å². The first-order chi connectivity index (χ1) is 17.5. The lowest BCUT2D eigenvalue weighted by Crippen LogP contribution is -2.20. The number of hydrogen-bond donors (Lipinski definition) is 0. The Labute approximate surface area is 213 Å². The van der Waals surface area contributed by atoms with Crippen LogP contribution in [0.4, 0.5) is 13.2 Å². The van der Waals surface area contributed by atoms with Gasteiger partial charge in [0.25, 0.3) is 0 Å². The summed E-state index contributed by atoms with van der Waals surface area (Å²) < 4.78 is 55.7. The van der Waals surface area contributed by atoms with E-state index in [-0.39, 0.29) is 17.6 Å². The predicted molar refractivity (Wildman–Crippen MR) is 138 cm³/mol. The lowest BCUT2D eigenvalue weighted by molar-refractivity contribution is 0.198. The van der Waals surface area contributed by atoms with Crippen molar-refractivity contribution >= 4 is 0 Å². The van der Waals surface area contributed by atoms with Crippen LogP contribution < -0.4 is 9.47 Å². The van der Waals surface area contributed by atoms with Crippen LogP contribution in [0.25, 0.3) is 0 Å². The Morgan fingerprint density at radius 2 is 1.44 bits per heavy atom. The van der Waals surface area contributed by atoms with Gasteiger partial charge in [0.15, 0.2) is 23.2 Å².